The van der Waals surface area contributed by atoms with Gasteiger partial charge >= 0.3 is 5.97 Å². The van der Waals surface area contributed by atoms with Crippen LogP contribution >= 0.6 is 23.1 Å². The predicted molar refractivity (Wildman–Crippen MR) is 96.8 cm³/mol. The van der Waals surface area contributed by atoms with Crippen LogP contribution in [0.15, 0.2) is 46.7 Å². The molecule has 2 atom stereocenters. The summed E-state index contributed by atoms with van der Waals surface area (Å²) in [5.74, 6) is -1.55. The number of anilines is 1. The number of rotatable bonds is 6. The maximum atomic E-state index is 12.4. The van der Waals surface area contributed by atoms with Gasteiger partial charge in [-0.3, -0.25) is 14.4 Å². The molecule has 130 valence electrons. The Labute approximate surface area is 152 Å². The standard InChI is InChI=1S/C17H16N2O4S2/c20-15(18-11(8-16(21)22)12-6-3-7-24-12)9-14-17(23)19-10-4-1-2-5-13(10)25-14/h1-7,11,14H,8-9H2,(H,18,20)(H,19,23)(H,21,22). The Kier molecular flexibility index (Phi) is 5.40. The third-order valence-electron chi connectivity index (χ3n) is 3.68. The molecule has 3 rings (SSSR count). The number of carbonyl (C=O) groups excluding carboxylic acids is 2. The minimum Gasteiger partial charge on any atom is -0.481 e. The number of carboxylic acids is 1. The molecule has 0 saturated carbocycles. The fraction of sp³-hybridized carbons (Fsp3) is 0.235. The van der Waals surface area contributed by atoms with E-state index in [2.05, 4.69) is 10.6 Å². The molecule has 3 N–H and O–H groups in total. The van der Waals surface area contributed by atoms with E-state index >= 15 is 0 Å². The summed E-state index contributed by atoms with van der Waals surface area (Å²) in [6, 6.07) is 10.4. The highest BCUT2D eigenvalue weighted by molar-refractivity contribution is 8.01. The van der Waals surface area contributed by atoms with Crippen molar-refractivity contribution in [2.24, 2.45) is 0 Å². The van der Waals surface area contributed by atoms with Crippen LogP contribution in [0.1, 0.15) is 23.8 Å². The van der Waals surface area contributed by atoms with Crippen molar-refractivity contribution in [3.05, 3.63) is 46.7 Å². The molecule has 1 aliphatic heterocycles. The van der Waals surface area contributed by atoms with Crippen molar-refractivity contribution in [1.82, 2.24) is 5.32 Å². The molecule has 25 heavy (non-hydrogen) atoms. The summed E-state index contributed by atoms with van der Waals surface area (Å²) in [7, 11) is 0. The number of carboxylic acid groups (broad SMARTS) is 1. The van der Waals surface area contributed by atoms with E-state index in [4.69, 9.17) is 5.11 Å². The first kappa shape index (κ1) is 17.5. The van der Waals surface area contributed by atoms with Gasteiger partial charge < -0.3 is 15.7 Å². The quantitative estimate of drug-likeness (QED) is 0.720. The van der Waals surface area contributed by atoms with Crippen LogP contribution in [0.2, 0.25) is 0 Å². The van der Waals surface area contributed by atoms with E-state index < -0.39 is 17.3 Å². The van der Waals surface area contributed by atoms with Crippen molar-refractivity contribution in [2.45, 2.75) is 29.0 Å². The molecule has 0 saturated heterocycles. The lowest BCUT2D eigenvalue weighted by molar-refractivity contribution is -0.137. The van der Waals surface area contributed by atoms with Gasteiger partial charge in [-0.1, -0.05) is 18.2 Å². The van der Waals surface area contributed by atoms with E-state index in [1.165, 1.54) is 23.1 Å². The summed E-state index contributed by atoms with van der Waals surface area (Å²) in [6.45, 7) is 0. The number of carbonyl (C=O) groups is 3. The second-order valence-corrected chi connectivity index (χ2v) is 7.75. The van der Waals surface area contributed by atoms with Crippen molar-refractivity contribution >= 4 is 46.6 Å². The molecule has 0 fully saturated rings. The highest BCUT2D eigenvalue weighted by Crippen LogP contribution is 2.36. The SMILES string of the molecule is O=C(O)CC(NC(=O)CC1Sc2ccccc2NC1=O)c1cccs1. The van der Waals surface area contributed by atoms with Crippen molar-refractivity contribution in [3.63, 3.8) is 0 Å². The Morgan fingerprint density at radius 3 is 2.76 bits per heavy atom. The first-order valence-electron chi connectivity index (χ1n) is 7.64. The van der Waals surface area contributed by atoms with Gasteiger partial charge in [0.15, 0.2) is 0 Å². The summed E-state index contributed by atoms with van der Waals surface area (Å²) in [5.41, 5.74) is 0.747. The van der Waals surface area contributed by atoms with Gasteiger partial charge in [0.25, 0.3) is 0 Å². The van der Waals surface area contributed by atoms with Crippen molar-refractivity contribution in [1.29, 1.82) is 0 Å². The molecule has 0 aliphatic carbocycles. The number of nitrogens with one attached hydrogen (secondary N) is 2. The number of hydrogen-bond donors (Lipinski definition) is 3. The first-order valence-corrected chi connectivity index (χ1v) is 9.40. The third-order valence-corrected chi connectivity index (χ3v) is 5.94. The topological polar surface area (TPSA) is 95.5 Å². The van der Waals surface area contributed by atoms with Gasteiger partial charge in [0.2, 0.25) is 11.8 Å². The highest BCUT2D eigenvalue weighted by atomic mass is 32.2. The average molecular weight is 376 g/mol. The van der Waals surface area contributed by atoms with E-state index in [0.717, 1.165) is 15.5 Å². The van der Waals surface area contributed by atoms with E-state index in [9.17, 15) is 14.4 Å². The van der Waals surface area contributed by atoms with Crippen LogP contribution < -0.4 is 10.6 Å². The smallest absolute Gasteiger partial charge is 0.305 e. The molecule has 0 spiro atoms. The molecule has 0 bridgehead atoms. The first-order chi connectivity index (χ1) is 12.0. The number of para-hydroxylation sites is 1. The Balaban J connectivity index is 1.65. The van der Waals surface area contributed by atoms with Crippen molar-refractivity contribution in [3.8, 4) is 0 Å². The molecule has 2 amide bonds. The zero-order chi connectivity index (χ0) is 17.8. The zero-order valence-electron chi connectivity index (χ0n) is 13.1. The Hall–Kier alpha value is -2.32. The molecular formula is C17H16N2O4S2. The third kappa shape index (κ3) is 4.40. The number of thioether (sulfide) groups is 1. The summed E-state index contributed by atoms with van der Waals surface area (Å²) in [5, 5.41) is 15.9. The van der Waals surface area contributed by atoms with E-state index in [0.29, 0.717) is 0 Å². The fourth-order valence-corrected chi connectivity index (χ4v) is 4.42. The number of aliphatic carboxylic acids is 1. The fourth-order valence-electron chi connectivity index (χ4n) is 2.54. The van der Waals surface area contributed by atoms with E-state index in [-0.39, 0.29) is 24.7 Å². The predicted octanol–water partition coefficient (Wildman–Crippen LogP) is 2.88. The minimum atomic E-state index is -0.989. The number of amides is 2. The van der Waals surface area contributed by atoms with Gasteiger partial charge in [-0.2, -0.15) is 0 Å². The average Bonchev–Trinajstić information content (AvgIpc) is 3.09. The van der Waals surface area contributed by atoms with E-state index in [1.807, 2.05) is 35.7 Å². The molecule has 1 aromatic heterocycles. The normalized spacial score (nSPS) is 17.3. The lowest BCUT2D eigenvalue weighted by Crippen LogP contribution is -2.36. The molecule has 2 heterocycles. The van der Waals surface area contributed by atoms with E-state index in [1.54, 1.807) is 6.07 Å². The molecular weight excluding hydrogens is 360 g/mol. The lowest BCUT2D eigenvalue weighted by atomic mass is 10.1. The van der Waals surface area contributed by atoms with Crippen LogP contribution in [0.3, 0.4) is 0 Å². The number of benzene rings is 1. The Morgan fingerprint density at radius 1 is 1.24 bits per heavy atom. The van der Waals surface area contributed by atoms with Gasteiger partial charge in [0, 0.05) is 16.2 Å². The number of hydrogen-bond acceptors (Lipinski definition) is 5. The summed E-state index contributed by atoms with van der Waals surface area (Å²) >= 11 is 2.74. The lowest BCUT2D eigenvalue weighted by Gasteiger charge is -2.24. The maximum Gasteiger partial charge on any atom is 0.305 e. The Morgan fingerprint density at radius 2 is 2.04 bits per heavy atom. The van der Waals surface area contributed by atoms with Crippen LogP contribution in [0.5, 0.6) is 0 Å². The second kappa shape index (κ2) is 7.71. The van der Waals surface area contributed by atoms with Crippen molar-refractivity contribution in [2.75, 3.05) is 5.32 Å². The van der Waals surface area contributed by atoms with Gasteiger partial charge in [-0.15, -0.1) is 23.1 Å². The molecule has 1 aliphatic rings. The molecule has 2 unspecified atom stereocenters. The number of fused-ring (bicyclic) bond motifs is 1. The second-order valence-electron chi connectivity index (χ2n) is 5.53. The Bertz CT molecular complexity index is 792. The molecule has 6 nitrogen and oxygen atoms in total. The summed E-state index contributed by atoms with van der Waals surface area (Å²) in [4.78, 5) is 37.3. The van der Waals surface area contributed by atoms with Crippen LogP contribution in [-0.2, 0) is 14.4 Å². The molecule has 8 heteroatoms. The number of thiophene rings is 1. The van der Waals surface area contributed by atoms with Crippen LogP contribution in [0, 0.1) is 0 Å². The van der Waals surface area contributed by atoms with Crippen molar-refractivity contribution < 1.29 is 19.5 Å². The van der Waals surface area contributed by atoms with Crippen LogP contribution in [-0.4, -0.2) is 28.1 Å². The van der Waals surface area contributed by atoms with Gasteiger partial charge in [-0.25, -0.2) is 0 Å². The van der Waals surface area contributed by atoms with Gasteiger partial charge in [-0.05, 0) is 23.6 Å². The van der Waals surface area contributed by atoms with Crippen LogP contribution in [0.4, 0.5) is 5.69 Å². The van der Waals surface area contributed by atoms with Gasteiger partial charge in [0.1, 0.15) is 0 Å². The molecule has 1 aromatic carbocycles. The minimum absolute atomic E-state index is 0.00761. The van der Waals surface area contributed by atoms with Gasteiger partial charge in [0.05, 0.1) is 23.4 Å². The highest BCUT2D eigenvalue weighted by Gasteiger charge is 2.30. The molecule has 2 aromatic rings. The van der Waals surface area contributed by atoms with Crippen LogP contribution in [0.25, 0.3) is 0 Å². The zero-order valence-corrected chi connectivity index (χ0v) is 14.7. The summed E-state index contributed by atoms with van der Waals surface area (Å²) < 4.78 is 0. The largest absolute Gasteiger partial charge is 0.481 e. The summed E-state index contributed by atoms with van der Waals surface area (Å²) in [6.07, 6.45) is -0.203. The molecule has 0 radical (unpaired) electrons. The monoisotopic (exact) mass is 376 g/mol. The maximum absolute atomic E-state index is 12.4.